The van der Waals surface area contributed by atoms with Gasteiger partial charge in [-0.1, -0.05) is 45.7 Å². The fourth-order valence-corrected chi connectivity index (χ4v) is 9.95. The number of esters is 1. The number of likely N-dealkylation sites (tertiary alicyclic amines) is 1. The molecule has 4 aliphatic rings. The van der Waals surface area contributed by atoms with Crippen molar-refractivity contribution in [3.8, 4) is 22.9 Å². The van der Waals surface area contributed by atoms with Crippen molar-refractivity contribution in [3.05, 3.63) is 28.6 Å². The number of carbonyl (C=O) groups excluding carboxylic acids is 4. The first-order valence-corrected chi connectivity index (χ1v) is 22.6. The van der Waals surface area contributed by atoms with Gasteiger partial charge in [0.2, 0.25) is 11.8 Å². The van der Waals surface area contributed by atoms with Crippen molar-refractivity contribution >= 4 is 62.8 Å². The quantitative estimate of drug-likeness (QED) is 0.0976. The Morgan fingerprint density at radius 2 is 1.71 bits per heavy atom. The second-order valence-corrected chi connectivity index (χ2v) is 19.5. The molecule has 1 saturated heterocycles. The summed E-state index contributed by atoms with van der Waals surface area (Å²) in [5.41, 5.74) is -0.543. The number of ether oxygens (including phenoxy) is 6. The van der Waals surface area contributed by atoms with Crippen LogP contribution in [0.1, 0.15) is 80.1 Å². The Labute approximate surface area is 371 Å². The summed E-state index contributed by atoms with van der Waals surface area (Å²) in [5, 5.41) is 12.5. The van der Waals surface area contributed by atoms with E-state index in [4.69, 9.17) is 50.0 Å². The topological polar surface area (TPSA) is 189 Å². The Morgan fingerprint density at radius 1 is 0.984 bits per heavy atom. The van der Waals surface area contributed by atoms with Gasteiger partial charge in [0.1, 0.15) is 58.7 Å². The van der Waals surface area contributed by atoms with Crippen LogP contribution in [0.3, 0.4) is 0 Å². The van der Waals surface area contributed by atoms with Crippen molar-refractivity contribution in [1.29, 1.82) is 0 Å². The number of fused-ring (bicyclic) bond motifs is 2. The van der Waals surface area contributed by atoms with Crippen LogP contribution in [0.2, 0.25) is 5.02 Å². The number of nitrogens with one attached hydrogen (secondary N) is 3. The van der Waals surface area contributed by atoms with Gasteiger partial charge in [0.25, 0.3) is 0 Å². The summed E-state index contributed by atoms with van der Waals surface area (Å²) in [5.74, 6) is 0.289. The fraction of sp³-hybridized carbons (Fsp3) is 0.636. The lowest BCUT2D eigenvalue weighted by atomic mass is 9.85. The van der Waals surface area contributed by atoms with Crippen LogP contribution in [-0.4, -0.2) is 115 Å². The second-order valence-electron chi connectivity index (χ2n) is 18.3. The van der Waals surface area contributed by atoms with Crippen LogP contribution in [0.25, 0.3) is 22.3 Å². The van der Waals surface area contributed by atoms with Gasteiger partial charge in [-0.3, -0.25) is 9.59 Å². The van der Waals surface area contributed by atoms with Crippen molar-refractivity contribution in [2.45, 2.75) is 122 Å². The zero-order valence-electron chi connectivity index (χ0n) is 36.9. The van der Waals surface area contributed by atoms with E-state index in [1.807, 2.05) is 46.9 Å². The van der Waals surface area contributed by atoms with Crippen LogP contribution in [0.5, 0.6) is 11.5 Å². The van der Waals surface area contributed by atoms with E-state index in [1.165, 1.54) is 44.0 Å². The number of pyridine rings is 1. The first-order valence-electron chi connectivity index (χ1n) is 21.4. The number of aromatic nitrogens is 2. The third kappa shape index (κ3) is 9.70. The Bertz CT molecular complexity index is 2150. The molecule has 3 amide bonds. The number of thiazole rings is 1. The van der Waals surface area contributed by atoms with Crippen molar-refractivity contribution in [1.82, 2.24) is 25.5 Å². The maximum absolute atomic E-state index is 14.9. The number of amides is 3. The fourth-order valence-electron chi connectivity index (χ4n) is 8.83. The summed E-state index contributed by atoms with van der Waals surface area (Å²) < 4.78 is 34.3. The average Bonchev–Trinajstić information content (AvgIpc) is 3.89. The molecule has 16 nitrogen and oxygen atoms in total. The molecule has 8 atom stereocenters. The summed E-state index contributed by atoms with van der Waals surface area (Å²) in [6.45, 7) is 11.6. The van der Waals surface area contributed by atoms with Crippen molar-refractivity contribution in [2.75, 3.05) is 39.8 Å². The molecule has 3 heterocycles. The van der Waals surface area contributed by atoms with Gasteiger partial charge < -0.3 is 49.3 Å². The van der Waals surface area contributed by atoms with Crippen LogP contribution < -0.4 is 25.4 Å². The van der Waals surface area contributed by atoms with Gasteiger partial charge in [0, 0.05) is 43.5 Å². The van der Waals surface area contributed by atoms with Crippen LogP contribution in [0.15, 0.2) is 23.6 Å². The predicted molar refractivity (Wildman–Crippen MR) is 233 cm³/mol. The van der Waals surface area contributed by atoms with Crippen molar-refractivity contribution < 1.29 is 47.6 Å². The molecular formula is C44H59ClN6O10S. The number of methoxy groups -OCH3 is 3. The Kier molecular flexibility index (Phi) is 13.5. The average molecular weight is 900 g/mol. The van der Waals surface area contributed by atoms with E-state index in [1.54, 1.807) is 18.2 Å². The number of benzene rings is 1. The molecule has 338 valence electrons. The number of alkyl carbamates (subject to hydrolysis) is 1. The number of hydrogen-bond acceptors (Lipinski definition) is 14. The molecule has 18 heteroatoms. The van der Waals surface area contributed by atoms with E-state index < -0.39 is 59.3 Å². The number of nitrogens with zero attached hydrogens (tertiary/aromatic N) is 3. The van der Waals surface area contributed by atoms with Crippen molar-refractivity contribution in [2.24, 2.45) is 23.2 Å². The molecular weight excluding hydrogens is 840 g/mol. The van der Waals surface area contributed by atoms with Crippen LogP contribution in [-0.2, 0) is 33.3 Å². The first kappa shape index (κ1) is 45.6. The van der Waals surface area contributed by atoms with Gasteiger partial charge in [0.05, 0.1) is 24.9 Å². The van der Waals surface area contributed by atoms with E-state index in [0.29, 0.717) is 63.6 Å². The van der Waals surface area contributed by atoms with Crippen molar-refractivity contribution in [3.63, 3.8) is 0 Å². The van der Waals surface area contributed by atoms with E-state index in [0.717, 1.165) is 12.8 Å². The molecule has 2 aromatic heterocycles. The zero-order chi connectivity index (χ0) is 44.7. The zero-order valence-corrected chi connectivity index (χ0v) is 38.4. The number of halogens is 1. The highest BCUT2D eigenvalue weighted by Crippen LogP contribution is 2.52. The number of hydrogen-bond donors (Lipinski definition) is 3. The van der Waals surface area contributed by atoms with Gasteiger partial charge in [-0.2, -0.15) is 0 Å². The summed E-state index contributed by atoms with van der Waals surface area (Å²) in [4.78, 5) is 66.9. The molecule has 0 spiro atoms. The van der Waals surface area contributed by atoms with Gasteiger partial charge in [-0.15, -0.1) is 11.3 Å². The molecule has 1 aromatic carbocycles. The molecule has 1 unspecified atom stereocenters. The molecule has 3 N–H and O–H groups in total. The largest absolute Gasteiger partial charge is 0.488 e. The second kappa shape index (κ2) is 18.3. The van der Waals surface area contributed by atoms with Gasteiger partial charge in [0.15, 0.2) is 11.4 Å². The standard InChI is InChI=1S/C44H59ClN6O10S/c1-10-25-18-44(25,40(54)58-9)50-38(52)31-16-27(19-51(31)39(53)37(43(4,5)6)49-42(55)61-26-14-23-13-24(23)15-26)60-33-17-29(30-21-62-41(48-30)46-22(2)3)47-36-28(33)11-12-32(35(36)45)59-20-34(56-7)57-8/h11-12,17,21-27,31,34,37H,10,13-16,18-20H2,1-9H3,(H,46,48)(H,49,55)(H,50,52)/t23-,24+,25-,26+,27-,31?,37-,44-/m1/s1. The van der Waals surface area contributed by atoms with Gasteiger partial charge in [-0.05, 0) is 74.8 Å². The third-order valence-corrected chi connectivity index (χ3v) is 13.5. The SMILES string of the molecule is CC[C@@H]1C[C@]1(NC(=O)C1C[C@@H](Oc2cc(-c3csc(NC(C)C)n3)nc3c(Cl)c(OCC(OC)OC)ccc23)CN1C(=O)[C@@H](NC(=O)O[C@@H]1C[C@@H]2C[C@@H]2C1)C(C)(C)C)C(=O)OC. The Hall–Kier alpha value is -4.45. The normalized spacial score (nSPS) is 25.6. The Morgan fingerprint density at radius 3 is 2.34 bits per heavy atom. The molecule has 0 radical (unpaired) electrons. The molecule has 0 bridgehead atoms. The predicted octanol–water partition coefficient (Wildman–Crippen LogP) is 6.58. The lowest BCUT2D eigenvalue weighted by Gasteiger charge is -2.35. The van der Waals surface area contributed by atoms with Crippen LogP contribution in [0, 0.1) is 23.2 Å². The molecule has 3 saturated carbocycles. The van der Waals surface area contributed by atoms with E-state index in [-0.39, 0.29) is 42.7 Å². The molecule has 62 heavy (non-hydrogen) atoms. The van der Waals surface area contributed by atoms with E-state index >= 15 is 0 Å². The first-order chi connectivity index (χ1) is 29.5. The highest BCUT2D eigenvalue weighted by atomic mass is 35.5. The van der Waals surface area contributed by atoms with Gasteiger partial charge in [-0.25, -0.2) is 19.6 Å². The molecule has 4 fully saturated rings. The number of carbonyl (C=O) groups is 4. The smallest absolute Gasteiger partial charge is 0.408 e. The minimum atomic E-state index is -1.20. The van der Waals surface area contributed by atoms with Gasteiger partial charge >= 0.3 is 12.1 Å². The lowest BCUT2D eigenvalue weighted by Crippen LogP contribution is -2.59. The molecule has 1 aliphatic heterocycles. The van der Waals surface area contributed by atoms with Crippen LogP contribution >= 0.6 is 22.9 Å². The highest BCUT2D eigenvalue weighted by molar-refractivity contribution is 7.14. The van der Waals surface area contributed by atoms with E-state index in [9.17, 15) is 19.2 Å². The molecule has 3 aliphatic carbocycles. The summed E-state index contributed by atoms with van der Waals surface area (Å²) in [6.07, 6.45) is 1.74. The number of anilines is 1. The number of rotatable bonds is 17. The molecule has 7 rings (SSSR count). The highest BCUT2D eigenvalue weighted by Gasteiger charge is 2.62. The summed E-state index contributed by atoms with van der Waals surface area (Å²) >= 11 is 8.46. The lowest BCUT2D eigenvalue weighted by molar-refractivity contribution is -0.148. The summed E-state index contributed by atoms with van der Waals surface area (Å²) in [7, 11) is 4.31. The minimum Gasteiger partial charge on any atom is -0.488 e. The summed E-state index contributed by atoms with van der Waals surface area (Å²) in [6, 6.07) is 3.28. The maximum atomic E-state index is 14.9. The third-order valence-electron chi connectivity index (χ3n) is 12.4. The maximum Gasteiger partial charge on any atom is 0.408 e. The minimum absolute atomic E-state index is 0.0166. The monoisotopic (exact) mass is 898 g/mol. The van der Waals surface area contributed by atoms with E-state index in [2.05, 4.69) is 16.0 Å². The van der Waals surface area contributed by atoms with Crippen LogP contribution in [0.4, 0.5) is 9.93 Å². The molecule has 3 aromatic rings. The Balaban J connectivity index is 1.22.